The van der Waals surface area contributed by atoms with Crippen molar-refractivity contribution in [3.63, 3.8) is 0 Å². The van der Waals surface area contributed by atoms with E-state index in [1.165, 1.54) is 0 Å². The van der Waals surface area contributed by atoms with Gasteiger partial charge in [-0.2, -0.15) is 5.10 Å². The third-order valence-corrected chi connectivity index (χ3v) is 4.34. The molecule has 2 atom stereocenters. The van der Waals surface area contributed by atoms with Gasteiger partial charge in [0, 0.05) is 17.5 Å². The number of nitrogens with zero attached hydrogens (tertiary/aromatic N) is 2. The van der Waals surface area contributed by atoms with Crippen LogP contribution in [0.15, 0.2) is 40.6 Å². The molecule has 0 spiro atoms. The number of benzene rings is 1. The van der Waals surface area contributed by atoms with E-state index in [2.05, 4.69) is 21.0 Å². The Labute approximate surface area is 133 Å². The second-order valence-electron chi connectivity index (χ2n) is 5.74. The molecule has 1 aromatic carbocycles. The lowest BCUT2D eigenvalue weighted by Crippen LogP contribution is -2.29. The van der Waals surface area contributed by atoms with Crippen LogP contribution >= 0.6 is 0 Å². The zero-order chi connectivity index (χ0) is 16.2. The molecule has 0 radical (unpaired) electrons. The highest BCUT2D eigenvalue weighted by Gasteiger charge is 2.46. The maximum absolute atomic E-state index is 12.2. The van der Waals surface area contributed by atoms with Crippen molar-refractivity contribution < 1.29 is 14.8 Å². The van der Waals surface area contributed by atoms with Crippen molar-refractivity contribution in [1.29, 1.82) is 0 Å². The van der Waals surface area contributed by atoms with E-state index in [-0.39, 0.29) is 23.3 Å². The Balaban J connectivity index is 1.72. The molecule has 3 rings (SSSR count). The molecule has 2 fully saturated rings. The molecule has 2 amide bonds. The summed E-state index contributed by atoms with van der Waals surface area (Å²) in [6.45, 7) is 0. The summed E-state index contributed by atoms with van der Waals surface area (Å²) in [5, 5.41) is 18.9. The minimum Gasteiger partial charge on any atom is -0.410 e. The van der Waals surface area contributed by atoms with Crippen LogP contribution in [0.3, 0.4) is 0 Å². The zero-order valence-corrected chi connectivity index (χ0v) is 12.5. The number of hydrogen-bond acceptors (Lipinski definition) is 5. The number of amides is 2. The van der Waals surface area contributed by atoms with Crippen LogP contribution in [-0.2, 0) is 4.79 Å². The van der Waals surface area contributed by atoms with Gasteiger partial charge in [-0.1, -0.05) is 36.2 Å². The van der Waals surface area contributed by atoms with Crippen molar-refractivity contribution in [3.8, 4) is 0 Å². The maximum atomic E-state index is 12.2. The van der Waals surface area contributed by atoms with Crippen LogP contribution in [0.2, 0.25) is 0 Å². The van der Waals surface area contributed by atoms with Crippen LogP contribution in [0.25, 0.3) is 0 Å². The van der Waals surface area contributed by atoms with Crippen LogP contribution in [-0.4, -0.2) is 28.4 Å². The van der Waals surface area contributed by atoms with Crippen LogP contribution < -0.4 is 10.7 Å². The van der Waals surface area contributed by atoms with Gasteiger partial charge in [0.1, 0.15) is 0 Å². The monoisotopic (exact) mass is 314 g/mol. The number of ketones is 1. The van der Waals surface area contributed by atoms with E-state index in [1.54, 1.807) is 24.3 Å². The fourth-order valence-corrected chi connectivity index (χ4v) is 3.28. The molecule has 2 saturated carbocycles. The highest BCUT2D eigenvalue weighted by atomic mass is 16.4. The average Bonchev–Trinajstić information content (AvgIpc) is 2.86. The second-order valence-corrected chi connectivity index (χ2v) is 5.74. The highest BCUT2D eigenvalue weighted by Crippen LogP contribution is 2.37. The molecule has 2 aliphatic carbocycles. The first-order valence-corrected chi connectivity index (χ1v) is 7.67. The van der Waals surface area contributed by atoms with Gasteiger partial charge in [0.05, 0.1) is 5.71 Å². The van der Waals surface area contributed by atoms with Crippen molar-refractivity contribution in [2.75, 3.05) is 5.32 Å². The third kappa shape index (κ3) is 3.08. The predicted molar refractivity (Wildman–Crippen MR) is 85.7 cm³/mol. The summed E-state index contributed by atoms with van der Waals surface area (Å²) >= 11 is 0. The normalized spacial score (nSPS) is 27.0. The van der Waals surface area contributed by atoms with Crippen molar-refractivity contribution in [2.24, 2.45) is 22.1 Å². The molecule has 0 aromatic heterocycles. The molecule has 0 aliphatic heterocycles. The number of hydrogen-bond donors (Lipinski definition) is 3. The van der Waals surface area contributed by atoms with Crippen molar-refractivity contribution in [2.45, 2.75) is 25.7 Å². The number of fused-ring (bicyclic) bond motifs is 1. The molecule has 23 heavy (non-hydrogen) atoms. The summed E-state index contributed by atoms with van der Waals surface area (Å²) in [6, 6.07) is 8.46. The van der Waals surface area contributed by atoms with E-state index >= 15 is 0 Å². The number of carbonyl (C=O) groups is 2. The predicted octanol–water partition coefficient (Wildman–Crippen LogP) is 2.38. The Kier molecular flexibility index (Phi) is 4.36. The lowest BCUT2D eigenvalue weighted by molar-refractivity contribution is -0.117. The molecule has 0 heterocycles. The summed E-state index contributed by atoms with van der Waals surface area (Å²) in [6.07, 6.45) is 3.58. The summed E-state index contributed by atoms with van der Waals surface area (Å²) in [5.41, 5.74) is 3.38. The second kappa shape index (κ2) is 6.60. The van der Waals surface area contributed by atoms with Gasteiger partial charge in [-0.15, -0.1) is 0 Å². The topological polar surface area (TPSA) is 103 Å². The third-order valence-electron chi connectivity index (χ3n) is 4.34. The number of nitrogens with one attached hydrogen (secondary N) is 2. The molecule has 2 unspecified atom stereocenters. The Hall–Kier alpha value is -2.70. The van der Waals surface area contributed by atoms with E-state index in [0.29, 0.717) is 11.4 Å². The first kappa shape index (κ1) is 15.2. The Morgan fingerprint density at radius 2 is 1.83 bits per heavy atom. The van der Waals surface area contributed by atoms with E-state index < -0.39 is 6.03 Å². The van der Waals surface area contributed by atoms with Crippen molar-refractivity contribution in [3.05, 3.63) is 30.3 Å². The molecule has 7 heteroatoms. The maximum Gasteiger partial charge on any atom is 0.339 e. The first-order chi connectivity index (χ1) is 11.2. The lowest BCUT2D eigenvalue weighted by atomic mass is 9.81. The molecule has 2 aliphatic rings. The summed E-state index contributed by atoms with van der Waals surface area (Å²) < 4.78 is 0. The molecule has 3 N–H and O–H groups in total. The first-order valence-electron chi connectivity index (χ1n) is 7.67. The Morgan fingerprint density at radius 1 is 1.13 bits per heavy atom. The standard InChI is InChI=1S/C16H18N4O3/c21-15-12-9-5-4-8-11(12)13(14(15)20-23)18-19-16(22)17-10-6-2-1-3-7-10/h1-3,6-7,11-12,23H,4-5,8-9H2,(H2,17,19,22). The quantitative estimate of drug-likeness (QED) is 0.576. The molecular weight excluding hydrogens is 296 g/mol. The smallest absolute Gasteiger partial charge is 0.339 e. The van der Waals surface area contributed by atoms with Gasteiger partial charge in [0.2, 0.25) is 0 Å². The van der Waals surface area contributed by atoms with Gasteiger partial charge in [0.25, 0.3) is 0 Å². The number of anilines is 1. The molecule has 7 nitrogen and oxygen atoms in total. The van der Waals surface area contributed by atoms with E-state index in [4.69, 9.17) is 5.21 Å². The summed E-state index contributed by atoms with van der Waals surface area (Å²) in [5.74, 6) is -0.423. The number of rotatable bonds is 2. The Bertz CT molecular complexity index is 669. The highest BCUT2D eigenvalue weighted by molar-refractivity contribution is 6.71. The number of oxime groups is 1. The molecule has 0 bridgehead atoms. The minimum absolute atomic E-state index is 0.0260. The van der Waals surface area contributed by atoms with E-state index in [0.717, 1.165) is 25.7 Å². The lowest BCUT2D eigenvalue weighted by Gasteiger charge is -2.22. The van der Waals surface area contributed by atoms with Gasteiger partial charge in [0.15, 0.2) is 11.5 Å². The minimum atomic E-state index is -0.507. The van der Waals surface area contributed by atoms with Gasteiger partial charge in [-0.25, -0.2) is 10.2 Å². The average molecular weight is 314 g/mol. The van der Waals surface area contributed by atoms with Crippen LogP contribution in [0.4, 0.5) is 10.5 Å². The number of para-hydroxylation sites is 1. The Morgan fingerprint density at radius 3 is 2.52 bits per heavy atom. The van der Waals surface area contributed by atoms with Gasteiger partial charge < -0.3 is 10.5 Å². The number of urea groups is 1. The summed E-state index contributed by atoms with van der Waals surface area (Å²) in [4.78, 5) is 24.1. The van der Waals surface area contributed by atoms with Crippen molar-refractivity contribution in [1.82, 2.24) is 5.43 Å². The number of carbonyl (C=O) groups excluding carboxylic acids is 2. The van der Waals surface area contributed by atoms with Gasteiger partial charge in [-0.3, -0.25) is 4.79 Å². The van der Waals surface area contributed by atoms with Crippen LogP contribution in [0.1, 0.15) is 25.7 Å². The van der Waals surface area contributed by atoms with Crippen LogP contribution in [0.5, 0.6) is 0 Å². The SMILES string of the molecule is O=C(NN=C1C(=NO)C(=O)C2CCCCC12)Nc1ccccc1. The summed E-state index contributed by atoms with van der Waals surface area (Å²) in [7, 11) is 0. The molecule has 120 valence electrons. The van der Waals surface area contributed by atoms with Gasteiger partial charge in [-0.05, 0) is 25.0 Å². The van der Waals surface area contributed by atoms with Crippen molar-refractivity contribution >= 4 is 28.9 Å². The fourth-order valence-electron chi connectivity index (χ4n) is 3.28. The fraction of sp³-hybridized carbons (Fsp3) is 0.375. The number of hydrazone groups is 1. The molecular formula is C16H18N4O3. The van der Waals surface area contributed by atoms with Gasteiger partial charge >= 0.3 is 6.03 Å². The molecule has 0 saturated heterocycles. The zero-order valence-electron chi connectivity index (χ0n) is 12.5. The largest absolute Gasteiger partial charge is 0.410 e. The number of Topliss-reactive ketones (excluding diaryl/α,β-unsaturated/α-hetero) is 1. The van der Waals surface area contributed by atoms with Crippen LogP contribution in [0, 0.1) is 11.8 Å². The molecule has 1 aromatic rings. The van der Waals surface area contributed by atoms with E-state index in [1.807, 2.05) is 6.07 Å². The van der Waals surface area contributed by atoms with E-state index in [9.17, 15) is 9.59 Å².